The third-order valence-electron chi connectivity index (χ3n) is 9.07. The molecule has 3 aliphatic heterocycles. The van der Waals surface area contributed by atoms with Gasteiger partial charge >= 0.3 is 153 Å². The third-order valence-corrected chi connectivity index (χ3v) is 15.5. The number of nitrogen functional groups attached to an aromatic ring is 3. The molecule has 6 heterocycles. The second-order valence-electron chi connectivity index (χ2n) is 14.6. The summed E-state index contributed by atoms with van der Waals surface area (Å²) >= 11 is 0. The number of aromatic nitrogens is 6. The number of anilines is 3. The van der Waals surface area contributed by atoms with Crippen molar-refractivity contribution in [2.24, 2.45) is 0 Å². The van der Waals surface area contributed by atoms with Crippen molar-refractivity contribution in [3.63, 3.8) is 0 Å². The van der Waals surface area contributed by atoms with Gasteiger partial charge in [0.2, 0.25) is 0 Å². The van der Waals surface area contributed by atoms with E-state index < -0.39 is 157 Å². The smallest absolute Gasteiger partial charge is 0.851 e. The number of phosphoric ester groups is 3. The maximum atomic E-state index is 12.0. The molecule has 0 aliphatic carbocycles. The Labute approximate surface area is 499 Å². The van der Waals surface area contributed by atoms with E-state index in [0.717, 1.165) is 32.3 Å². The normalized spacial score (nSPS) is 28.3. The fraction of sp³-hybridized carbons (Fsp3) is 0.556. The number of nitrogens with two attached hydrogens (primary N) is 3. The van der Waals surface area contributed by atoms with Crippen LogP contribution in [0.25, 0.3) is 0 Å². The first-order valence-corrected chi connectivity index (χ1v) is 28.4. The molecule has 426 valence electrons. The zero-order chi connectivity index (χ0) is 57.0. The second-order valence-corrected chi connectivity index (χ2v) is 23.1. The van der Waals surface area contributed by atoms with Crippen LogP contribution in [0.1, 0.15) is 18.7 Å². The summed E-state index contributed by atoms with van der Waals surface area (Å²) in [7, 11) is -31.6. The molecule has 3 saturated heterocycles. The topological polar surface area (TPSA) is 689 Å². The number of rotatable bonds is 18. The summed E-state index contributed by atoms with van der Waals surface area (Å²) in [4.78, 5) is 123. The Morgan fingerprint density at radius 2 is 0.641 bits per heavy atom. The number of phosphoric acid groups is 6. The summed E-state index contributed by atoms with van der Waals surface area (Å²) in [5.41, 5.74) is 13.1. The average molecular weight is 1270 g/mol. The van der Waals surface area contributed by atoms with Crippen LogP contribution in [0, 0.1) is 0 Å². The second kappa shape index (κ2) is 30.5. The molecule has 42 nitrogen and oxygen atoms in total. The summed E-state index contributed by atoms with van der Waals surface area (Å²) in [6.07, 6.45) is -18.2. The number of ether oxygens (including phenoxy) is 3. The van der Waals surface area contributed by atoms with Gasteiger partial charge in [0.15, 0.2) is 0 Å². The first-order chi connectivity index (χ1) is 34.2. The Balaban J connectivity index is 0.000000574. The van der Waals surface area contributed by atoms with Crippen LogP contribution < -0.4 is 154 Å². The Morgan fingerprint density at radius 1 is 0.436 bits per heavy atom. The molecule has 3 unspecified atom stereocenters. The van der Waals surface area contributed by atoms with Gasteiger partial charge in [-0.05, 0) is 18.2 Å². The van der Waals surface area contributed by atoms with Crippen molar-refractivity contribution in [1.29, 1.82) is 0 Å². The molecule has 0 aromatic carbocycles. The van der Waals surface area contributed by atoms with Crippen molar-refractivity contribution >= 4 is 64.4 Å². The summed E-state index contributed by atoms with van der Waals surface area (Å²) < 4.78 is 106. The molecular weight excluding hydrogens is 1230 g/mol. The van der Waals surface area contributed by atoms with Gasteiger partial charge in [0.1, 0.15) is 36.1 Å². The van der Waals surface area contributed by atoms with Crippen molar-refractivity contribution < 1.29 is 231 Å². The van der Waals surface area contributed by atoms with Crippen LogP contribution in [0.3, 0.4) is 0 Å². The van der Waals surface area contributed by atoms with Gasteiger partial charge in [0, 0.05) is 18.6 Å². The van der Waals surface area contributed by atoms with E-state index in [0.29, 0.717) is 0 Å². The summed E-state index contributed by atoms with van der Waals surface area (Å²) in [6.45, 7) is -2.93. The zero-order valence-electron chi connectivity index (χ0n) is 39.4. The molecule has 0 radical (unpaired) electrons. The number of nitrogens with zero attached hydrogens (tertiary/aromatic N) is 6. The molecule has 3 fully saturated rings. The van der Waals surface area contributed by atoms with Gasteiger partial charge in [-0.25, -0.2) is 41.8 Å². The van der Waals surface area contributed by atoms with Crippen molar-refractivity contribution in [3.05, 3.63) is 68.2 Å². The minimum absolute atomic E-state index is 0. The molecular formula is C27H39N9Na3O33P6-3. The van der Waals surface area contributed by atoms with E-state index in [1.807, 2.05) is 0 Å². The minimum Gasteiger partial charge on any atom is -0.851 e. The molecule has 15 atom stereocenters. The SMILES string of the molecule is Nc1ccn([C@@H]2O[C@H](COP(=O)(O)OP(=O)(O)O)[C@@H]([O-])[C@H]2[O-])c(=O)n1.Nc1ccn([C@@H]2O[C@H](COP(=O)(O)OP(=O)(O)O)[C@@H]([O-])[C@H]2[O-])c(=O)n1.Nc1ccn([C@@H]2O[C@H](COP(=O)(O)OP(=O)(O)O)[C@@H]([O-])[C@H]2[O-])c(=O)n1.[Na+].[Na+].[Na+]. The first kappa shape index (κ1) is 75.5. The molecule has 0 saturated carbocycles. The molecule has 0 spiro atoms. The molecule has 6 rings (SSSR count). The Hall–Kier alpha value is -0.540. The van der Waals surface area contributed by atoms with Crippen LogP contribution in [0.5, 0.6) is 0 Å². The molecule has 51 heteroatoms. The summed E-state index contributed by atoms with van der Waals surface area (Å²) in [6, 6.07) is 3.57. The average Bonchev–Trinajstić information content (AvgIpc) is 3.80. The monoisotopic (exact) mass is 1270 g/mol. The molecule has 3 aromatic rings. The van der Waals surface area contributed by atoms with E-state index >= 15 is 0 Å². The number of hydrogen-bond acceptors (Lipinski definition) is 30. The largest absolute Gasteiger partial charge is 1.00 e. The van der Waals surface area contributed by atoms with E-state index in [1.165, 1.54) is 18.2 Å². The predicted molar refractivity (Wildman–Crippen MR) is 220 cm³/mol. The third kappa shape index (κ3) is 23.1. The van der Waals surface area contributed by atoms with Crippen LogP contribution in [-0.4, -0.2) is 147 Å². The fourth-order valence-corrected chi connectivity index (χ4v) is 10.8. The molecule has 78 heavy (non-hydrogen) atoms. The van der Waals surface area contributed by atoms with E-state index in [4.69, 9.17) is 75.5 Å². The van der Waals surface area contributed by atoms with Gasteiger partial charge in [-0.2, -0.15) is 27.9 Å². The van der Waals surface area contributed by atoms with Crippen molar-refractivity contribution in [1.82, 2.24) is 28.7 Å². The van der Waals surface area contributed by atoms with Crippen LogP contribution in [0.15, 0.2) is 51.2 Å². The van der Waals surface area contributed by atoms with Crippen LogP contribution >= 0.6 is 46.9 Å². The quantitative estimate of drug-likeness (QED) is 0.0416. The van der Waals surface area contributed by atoms with E-state index in [1.54, 1.807) is 0 Å². The first-order valence-electron chi connectivity index (χ1n) is 19.4. The maximum Gasteiger partial charge on any atom is 1.00 e. The Kier molecular flexibility index (Phi) is 29.5. The van der Waals surface area contributed by atoms with E-state index in [9.17, 15) is 72.4 Å². The summed E-state index contributed by atoms with van der Waals surface area (Å²) in [5.74, 6) is -0.344. The molecule has 0 bridgehead atoms. The molecule has 15 N–H and O–H groups in total. The summed E-state index contributed by atoms with van der Waals surface area (Å²) in [5, 5.41) is 71.7. The molecule has 3 aliphatic rings. The fourth-order valence-electron chi connectivity index (χ4n) is 6.03. The van der Waals surface area contributed by atoms with Gasteiger partial charge in [0.25, 0.3) is 0 Å². The van der Waals surface area contributed by atoms with Gasteiger partial charge in [-0.1, -0.05) is 18.3 Å². The van der Waals surface area contributed by atoms with Crippen LogP contribution in [-0.2, 0) is 68.1 Å². The van der Waals surface area contributed by atoms with Crippen molar-refractivity contribution in [3.8, 4) is 0 Å². The van der Waals surface area contributed by atoms with E-state index in [2.05, 4.69) is 41.5 Å². The van der Waals surface area contributed by atoms with Gasteiger partial charge in [-0.15, -0.1) is 18.3 Å². The molecule has 0 amide bonds. The standard InChI is InChI=1S/3C9H13N3O11P2.3Na/c3*10-5-1-2-12(9(15)11-5)8-7(14)6(13)4(22-8)3-21-25(19,20)23-24(16,17)18;;;/h3*1-2,4,6-8H,3H2,(H,19,20)(H2,10,11,15)(H2,16,17,18);;;/q3*-2;3*+1/t3*4-,6-,7-,8-;;;/m111.../s1. The van der Waals surface area contributed by atoms with Crippen molar-refractivity contribution in [2.75, 3.05) is 37.0 Å². The number of hydrogen-bond donors (Lipinski definition) is 12. The molecule has 3 aromatic heterocycles. The van der Waals surface area contributed by atoms with Crippen molar-refractivity contribution in [2.45, 2.75) is 73.6 Å². The minimum atomic E-state index is -5.33. The van der Waals surface area contributed by atoms with Crippen LogP contribution in [0.4, 0.5) is 17.5 Å². The maximum absolute atomic E-state index is 12.0. The zero-order valence-corrected chi connectivity index (χ0v) is 50.8. The van der Waals surface area contributed by atoms with Gasteiger partial charge in [-0.3, -0.25) is 27.3 Å². The van der Waals surface area contributed by atoms with Gasteiger partial charge in [0.05, 0.1) is 38.1 Å². The van der Waals surface area contributed by atoms with Gasteiger partial charge < -0.3 is 106 Å². The van der Waals surface area contributed by atoms with Crippen LogP contribution in [0.2, 0.25) is 0 Å². The Morgan fingerprint density at radius 3 is 0.821 bits per heavy atom. The Bertz CT molecular complexity index is 2660. The van der Waals surface area contributed by atoms with E-state index in [-0.39, 0.29) is 106 Å². The predicted octanol–water partition coefficient (Wildman–Crippen LogP) is -19.8.